The van der Waals surface area contributed by atoms with E-state index in [1.807, 2.05) is 0 Å². The molecule has 1 atom stereocenters. The summed E-state index contributed by atoms with van der Waals surface area (Å²) in [4.78, 5) is 13.1. The van der Waals surface area contributed by atoms with Crippen molar-refractivity contribution >= 4 is 5.52 Å². The van der Waals surface area contributed by atoms with E-state index in [-0.39, 0.29) is 36.7 Å². The van der Waals surface area contributed by atoms with E-state index in [1.54, 1.807) is 31.3 Å². The molecule has 8 nitrogen and oxygen atoms in total. The van der Waals surface area contributed by atoms with Gasteiger partial charge in [0.25, 0.3) is 0 Å². The van der Waals surface area contributed by atoms with Crippen LogP contribution >= 0.6 is 0 Å². The van der Waals surface area contributed by atoms with Gasteiger partial charge in [0.05, 0.1) is 35.4 Å². The summed E-state index contributed by atoms with van der Waals surface area (Å²) < 4.78 is 65.5. The van der Waals surface area contributed by atoms with Crippen molar-refractivity contribution in [2.24, 2.45) is 12.8 Å². The van der Waals surface area contributed by atoms with Crippen LogP contribution in [0.25, 0.3) is 11.2 Å². The normalized spacial score (nSPS) is 16.5. The Morgan fingerprint density at radius 2 is 2.00 bits per heavy atom. The molecule has 1 saturated heterocycles. The van der Waals surface area contributed by atoms with Crippen LogP contribution in [0.1, 0.15) is 28.7 Å². The van der Waals surface area contributed by atoms with Crippen LogP contribution in [0.4, 0.5) is 17.6 Å². The molecule has 4 heterocycles. The minimum absolute atomic E-state index is 0.0786. The number of hydrogen-bond donors (Lipinski definition) is 1. The van der Waals surface area contributed by atoms with Crippen molar-refractivity contribution in [2.75, 3.05) is 13.2 Å². The highest BCUT2D eigenvalue weighted by atomic mass is 19.4. The van der Waals surface area contributed by atoms with Gasteiger partial charge in [0, 0.05) is 26.0 Å². The number of nitrogens with zero attached hydrogens (tertiary/aromatic N) is 5. The highest BCUT2D eigenvalue weighted by molar-refractivity contribution is 5.58. The molecule has 12 heteroatoms. The number of imidazole rings is 1. The number of ether oxygens (including phenoxy) is 1. The van der Waals surface area contributed by atoms with E-state index in [4.69, 9.17) is 10.5 Å². The number of aryl methyl sites for hydroxylation is 1. The second-order valence-electron chi connectivity index (χ2n) is 8.36. The van der Waals surface area contributed by atoms with E-state index in [0.29, 0.717) is 11.3 Å². The first kappa shape index (κ1) is 22.3. The SMILES string of the molecule is Cn1cnnc1C(F)C1(c2cccc(-n3cc4c(C(F)(F)F)cc(CN)cn4c3=O)c2)COC1. The molecule has 1 aromatic carbocycles. The lowest BCUT2D eigenvalue weighted by Gasteiger charge is -2.43. The number of aromatic nitrogens is 5. The fourth-order valence-corrected chi connectivity index (χ4v) is 4.28. The number of fused-ring (bicyclic) bond motifs is 1. The van der Waals surface area contributed by atoms with E-state index < -0.39 is 29.0 Å². The van der Waals surface area contributed by atoms with Gasteiger partial charge in [-0.2, -0.15) is 13.2 Å². The van der Waals surface area contributed by atoms with Crippen molar-refractivity contribution in [2.45, 2.75) is 24.3 Å². The molecule has 4 aromatic rings. The standard InChI is InChI=1S/C22H20F4N6O2/c1-30-12-28-29-19(30)18(23)21(10-34-11-21)14-3-2-4-15(6-14)31-9-17-16(22(24,25)26)5-13(7-27)8-32(17)20(31)33/h2-6,8-9,12,18H,7,10-11,27H2,1H3. The second-order valence-corrected chi connectivity index (χ2v) is 8.36. The topological polar surface area (TPSA) is 92.4 Å². The van der Waals surface area contributed by atoms with E-state index in [0.717, 1.165) is 21.2 Å². The molecule has 0 spiro atoms. The van der Waals surface area contributed by atoms with E-state index >= 15 is 4.39 Å². The molecular weight excluding hydrogens is 456 g/mol. The third-order valence-electron chi connectivity index (χ3n) is 6.24. The minimum Gasteiger partial charge on any atom is -0.379 e. The first-order valence-corrected chi connectivity index (χ1v) is 10.4. The zero-order valence-electron chi connectivity index (χ0n) is 18.0. The van der Waals surface area contributed by atoms with Gasteiger partial charge in [0.2, 0.25) is 0 Å². The largest absolute Gasteiger partial charge is 0.418 e. The number of benzene rings is 1. The van der Waals surface area contributed by atoms with Gasteiger partial charge in [-0.1, -0.05) is 12.1 Å². The van der Waals surface area contributed by atoms with Crippen molar-refractivity contribution in [1.82, 2.24) is 23.7 Å². The molecule has 0 aliphatic carbocycles. The molecule has 0 saturated carbocycles. The summed E-state index contributed by atoms with van der Waals surface area (Å²) in [6, 6.07) is 7.42. The fourth-order valence-electron chi connectivity index (χ4n) is 4.28. The zero-order valence-corrected chi connectivity index (χ0v) is 18.0. The first-order chi connectivity index (χ1) is 16.2. The maximum Gasteiger partial charge on any atom is 0.418 e. The molecule has 1 aliphatic rings. The fraction of sp³-hybridized carbons (Fsp3) is 0.318. The number of nitrogens with two attached hydrogens (primary N) is 1. The molecule has 1 fully saturated rings. The lowest BCUT2D eigenvalue weighted by Crippen LogP contribution is -2.50. The molecule has 1 unspecified atom stereocenters. The van der Waals surface area contributed by atoms with Crippen LogP contribution in [0.15, 0.2) is 53.8 Å². The van der Waals surface area contributed by atoms with E-state index in [2.05, 4.69) is 10.2 Å². The number of halogens is 4. The lowest BCUT2D eigenvalue weighted by molar-refractivity contribution is -0.136. The van der Waals surface area contributed by atoms with Crippen LogP contribution in [-0.2, 0) is 29.9 Å². The molecule has 1 aliphatic heterocycles. The Morgan fingerprint density at radius 3 is 2.59 bits per heavy atom. The van der Waals surface area contributed by atoms with E-state index in [9.17, 15) is 18.0 Å². The van der Waals surface area contributed by atoms with Crippen molar-refractivity contribution in [3.8, 4) is 5.69 Å². The first-order valence-electron chi connectivity index (χ1n) is 10.4. The maximum absolute atomic E-state index is 15.7. The lowest BCUT2D eigenvalue weighted by atomic mass is 9.74. The highest BCUT2D eigenvalue weighted by Crippen LogP contribution is 2.45. The summed E-state index contributed by atoms with van der Waals surface area (Å²) in [6.07, 6.45) is -2.41. The Labute approximate surface area is 190 Å². The van der Waals surface area contributed by atoms with Gasteiger partial charge in [-0.3, -0.25) is 8.97 Å². The average molecular weight is 476 g/mol. The number of pyridine rings is 1. The zero-order chi connectivity index (χ0) is 24.3. The highest BCUT2D eigenvalue weighted by Gasteiger charge is 2.50. The molecule has 34 heavy (non-hydrogen) atoms. The van der Waals surface area contributed by atoms with Gasteiger partial charge in [-0.15, -0.1) is 10.2 Å². The predicted octanol–water partition coefficient (Wildman–Crippen LogP) is 2.68. The average Bonchev–Trinajstić information content (AvgIpc) is 3.35. The van der Waals surface area contributed by atoms with Gasteiger partial charge in [-0.25, -0.2) is 9.18 Å². The summed E-state index contributed by atoms with van der Waals surface area (Å²) in [5, 5.41) is 7.60. The molecule has 3 aromatic heterocycles. The Bertz CT molecular complexity index is 1430. The number of hydrogen-bond acceptors (Lipinski definition) is 5. The van der Waals surface area contributed by atoms with Crippen LogP contribution in [0.3, 0.4) is 0 Å². The van der Waals surface area contributed by atoms with E-state index in [1.165, 1.54) is 17.1 Å². The molecule has 0 bridgehead atoms. The summed E-state index contributed by atoms with van der Waals surface area (Å²) in [5.41, 5.74) is 3.52. The van der Waals surface area contributed by atoms with Gasteiger partial charge in [-0.05, 0) is 29.3 Å². The van der Waals surface area contributed by atoms with Gasteiger partial charge in [0.15, 0.2) is 12.0 Å². The molecule has 0 radical (unpaired) electrons. The molecule has 2 N–H and O–H groups in total. The van der Waals surface area contributed by atoms with Crippen molar-refractivity contribution in [3.63, 3.8) is 0 Å². The minimum atomic E-state index is -4.68. The summed E-state index contributed by atoms with van der Waals surface area (Å²) in [5.74, 6) is 0.129. The summed E-state index contributed by atoms with van der Waals surface area (Å²) >= 11 is 0. The van der Waals surface area contributed by atoms with Crippen LogP contribution in [0, 0.1) is 0 Å². The predicted molar refractivity (Wildman–Crippen MR) is 113 cm³/mol. The maximum atomic E-state index is 15.7. The van der Waals surface area contributed by atoms with Crippen molar-refractivity contribution in [3.05, 3.63) is 82.1 Å². The van der Waals surface area contributed by atoms with Crippen LogP contribution in [-0.4, -0.2) is 36.9 Å². The van der Waals surface area contributed by atoms with Crippen molar-refractivity contribution < 1.29 is 22.3 Å². The van der Waals surface area contributed by atoms with Gasteiger partial charge >= 0.3 is 11.9 Å². The number of alkyl halides is 4. The Balaban J connectivity index is 1.64. The third kappa shape index (κ3) is 3.32. The van der Waals surface area contributed by atoms with Crippen molar-refractivity contribution in [1.29, 1.82) is 0 Å². The Hall–Kier alpha value is -3.51. The second kappa shape index (κ2) is 7.77. The van der Waals surface area contributed by atoms with Gasteiger partial charge in [0.1, 0.15) is 6.33 Å². The number of rotatable bonds is 5. The smallest absolute Gasteiger partial charge is 0.379 e. The Kier molecular flexibility index (Phi) is 5.10. The Morgan fingerprint density at radius 1 is 1.24 bits per heavy atom. The van der Waals surface area contributed by atoms with Gasteiger partial charge < -0.3 is 15.0 Å². The van der Waals surface area contributed by atoms with Crippen LogP contribution < -0.4 is 11.4 Å². The quantitative estimate of drug-likeness (QED) is 0.447. The molecule has 5 rings (SSSR count). The summed E-state index contributed by atoms with van der Waals surface area (Å²) in [7, 11) is 1.63. The monoisotopic (exact) mass is 476 g/mol. The molecule has 178 valence electrons. The third-order valence-corrected chi connectivity index (χ3v) is 6.24. The van der Waals surface area contributed by atoms with Crippen LogP contribution in [0.5, 0.6) is 0 Å². The van der Waals surface area contributed by atoms with Crippen LogP contribution in [0.2, 0.25) is 0 Å². The molecular formula is C22H20F4N6O2. The molecule has 0 amide bonds. The summed E-state index contributed by atoms with van der Waals surface area (Å²) in [6.45, 7) is -0.00101.